The fraction of sp³-hybridized carbons (Fsp3) is 0.250. The highest BCUT2D eigenvalue weighted by molar-refractivity contribution is 6.41. The summed E-state index contributed by atoms with van der Waals surface area (Å²) in [6, 6.07) is 13.0. The van der Waals surface area contributed by atoms with Crippen LogP contribution in [0.2, 0.25) is 10.0 Å². The molecule has 0 unspecified atom stereocenters. The summed E-state index contributed by atoms with van der Waals surface area (Å²) in [7, 11) is 5.16. The molecule has 8 nitrogen and oxygen atoms in total. The van der Waals surface area contributed by atoms with Crippen LogP contribution in [0.1, 0.15) is 10.4 Å². The summed E-state index contributed by atoms with van der Waals surface area (Å²) in [5.74, 6) is 0.512. The van der Waals surface area contributed by atoms with Crippen molar-refractivity contribution >= 4 is 51.5 Å². The maximum atomic E-state index is 13.3. The van der Waals surface area contributed by atoms with Crippen molar-refractivity contribution in [3.63, 3.8) is 0 Å². The van der Waals surface area contributed by atoms with Crippen molar-refractivity contribution in [2.45, 2.75) is 0 Å². The van der Waals surface area contributed by atoms with E-state index in [2.05, 4.69) is 32.1 Å². The predicted octanol–water partition coefficient (Wildman–Crippen LogP) is 5.62. The average Bonchev–Trinajstić information content (AvgIpc) is 2.94. The smallest absolute Gasteiger partial charge is 0.257 e. The molecule has 1 aliphatic rings. The van der Waals surface area contributed by atoms with Crippen LogP contribution in [0.15, 0.2) is 54.9 Å². The van der Waals surface area contributed by atoms with Crippen LogP contribution in [0.5, 0.6) is 11.5 Å². The number of nitrogens with zero attached hydrogens (tertiary/aromatic N) is 4. The summed E-state index contributed by atoms with van der Waals surface area (Å²) < 4.78 is 10.8. The van der Waals surface area contributed by atoms with Crippen LogP contribution in [-0.2, 0) is 0 Å². The highest BCUT2D eigenvalue weighted by Crippen LogP contribution is 2.47. The number of anilines is 2. The number of carbonyl (C=O) groups excluding carboxylic acids is 1. The Hall–Kier alpha value is -3.59. The standard InChI is InChI=1S/C28H27Cl2N5O3/c1-34-12-14-35(15-13-34)18-6-4-17(5-7-18)33-28(36)20-9-8-19(26-27(20)32-11-10-31-26)23-24(29)21(37-2)16-22(38-3)25(23)30/h4-11,16H,12-15H2,1-3H3,(H,33,36). The summed E-state index contributed by atoms with van der Waals surface area (Å²) in [4.78, 5) is 27.0. The van der Waals surface area contributed by atoms with Gasteiger partial charge in [-0.2, -0.15) is 0 Å². The number of methoxy groups -OCH3 is 2. The van der Waals surface area contributed by atoms with Crippen molar-refractivity contribution < 1.29 is 14.3 Å². The topological polar surface area (TPSA) is 79.8 Å². The molecule has 10 heteroatoms. The molecule has 0 atom stereocenters. The molecule has 0 saturated carbocycles. The summed E-state index contributed by atoms with van der Waals surface area (Å²) in [6.45, 7) is 4.02. The Morgan fingerprint density at radius 3 is 2.08 bits per heavy atom. The van der Waals surface area contributed by atoms with Crippen molar-refractivity contribution in [3.8, 4) is 22.6 Å². The minimum absolute atomic E-state index is 0.296. The molecular formula is C28H27Cl2N5O3. The zero-order valence-electron chi connectivity index (χ0n) is 21.3. The molecule has 196 valence electrons. The lowest BCUT2D eigenvalue weighted by Crippen LogP contribution is -2.44. The number of fused-ring (bicyclic) bond motifs is 1. The van der Waals surface area contributed by atoms with E-state index in [9.17, 15) is 4.79 Å². The number of amides is 1. The third-order valence-electron chi connectivity index (χ3n) is 6.71. The summed E-state index contributed by atoms with van der Waals surface area (Å²) in [5.41, 5.74) is 4.20. The Labute approximate surface area is 231 Å². The van der Waals surface area contributed by atoms with Crippen LogP contribution in [0.25, 0.3) is 22.2 Å². The zero-order chi connectivity index (χ0) is 26.8. The lowest BCUT2D eigenvalue weighted by Gasteiger charge is -2.34. The van der Waals surface area contributed by atoms with Crippen LogP contribution in [0.3, 0.4) is 0 Å². The number of benzene rings is 3. The molecule has 1 fully saturated rings. The van der Waals surface area contributed by atoms with Gasteiger partial charge in [-0.05, 0) is 37.4 Å². The van der Waals surface area contributed by atoms with E-state index in [1.54, 1.807) is 30.6 Å². The van der Waals surface area contributed by atoms with Gasteiger partial charge in [0.25, 0.3) is 5.91 Å². The summed E-state index contributed by atoms with van der Waals surface area (Å²) in [6.07, 6.45) is 3.10. The lowest BCUT2D eigenvalue weighted by molar-refractivity contribution is 0.102. The Morgan fingerprint density at radius 1 is 0.868 bits per heavy atom. The minimum Gasteiger partial charge on any atom is -0.495 e. The number of hydrogen-bond donors (Lipinski definition) is 1. The quantitative estimate of drug-likeness (QED) is 0.333. The maximum Gasteiger partial charge on any atom is 0.257 e. The van der Waals surface area contributed by atoms with E-state index in [0.717, 1.165) is 31.9 Å². The van der Waals surface area contributed by atoms with Gasteiger partial charge in [-0.1, -0.05) is 29.3 Å². The number of piperazine rings is 1. The minimum atomic E-state index is -0.296. The van der Waals surface area contributed by atoms with Crippen LogP contribution < -0.4 is 19.7 Å². The van der Waals surface area contributed by atoms with Crippen LogP contribution in [-0.4, -0.2) is 68.2 Å². The molecule has 1 N–H and O–H groups in total. The Morgan fingerprint density at radius 2 is 1.47 bits per heavy atom. The van der Waals surface area contributed by atoms with Gasteiger partial charge < -0.3 is 24.6 Å². The van der Waals surface area contributed by atoms with Crippen LogP contribution in [0.4, 0.5) is 11.4 Å². The number of hydrogen-bond acceptors (Lipinski definition) is 7. The SMILES string of the molecule is COc1cc(OC)c(Cl)c(-c2ccc(C(=O)Nc3ccc(N4CCN(C)CC4)cc3)c3nccnc23)c1Cl. The monoisotopic (exact) mass is 551 g/mol. The fourth-order valence-electron chi connectivity index (χ4n) is 4.58. The first-order chi connectivity index (χ1) is 18.4. The Bertz CT molecular complexity index is 1460. The summed E-state index contributed by atoms with van der Waals surface area (Å²) >= 11 is 13.3. The van der Waals surface area contributed by atoms with E-state index in [0.29, 0.717) is 55.0 Å². The predicted molar refractivity (Wildman–Crippen MR) is 152 cm³/mol. The Balaban J connectivity index is 1.47. The first-order valence-electron chi connectivity index (χ1n) is 12.1. The average molecular weight is 552 g/mol. The van der Waals surface area contributed by atoms with E-state index in [1.165, 1.54) is 14.2 Å². The van der Waals surface area contributed by atoms with E-state index in [1.807, 2.05) is 24.3 Å². The van der Waals surface area contributed by atoms with Gasteiger partial charge in [-0.15, -0.1) is 0 Å². The van der Waals surface area contributed by atoms with E-state index < -0.39 is 0 Å². The maximum absolute atomic E-state index is 13.3. The molecule has 38 heavy (non-hydrogen) atoms. The molecule has 0 spiro atoms. The van der Waals surface area contributed by atoms with Gasteiger partial charge in [-0.25, -0.2) is 0 Å². The second-order valence-corrected chi connectivity index (χ2v) is 9.75. The van der Waals surface area contributed by atoms with Crippen LogP contribution >= 0.6 is 23.2 Å². The fourth-order valence-corrected chi connectivity index (χ4v) is 5.29. The number of aromatic nitrogens is 2. The molecule has 4 aromatic rings. The Kier molecular flexibility index (Phi) is 7.56. The molecule has 1 aliphatic heterocycles. The number of carbonyl (C=O) groups is 1. The molecule has 2 heterocycles. The van der Waals surface area contributed by atoms with Crippen molar-refractivity contribution in [1.29, 1.82) is 0 Å². The van der Waals surface area contributed by atoms with Gasteiger partial charge in [-0.3, -0.25) is 14.8 Å². The van der Waals surface area contributed by atoms with Gasteiger partial charge in [0.05, 0.1) is 35.3 Å². The van der Waals surface area contributed by atoms with Crippen molar-refractivity contribution in [3.05, 3.63) is 70.5 Å². The molecule has 1 amide bonds. The lowest BCUT2D eigenvalue weighted by atomic mass is 9.99. The van der Waals surface area contributed by atoms with Gasteiger partial charge in [0.15, 0.2) is 0 Å². The van der Waals surface area contributed by atoms with Gasteiger partial charge in [0.1, 0.15) is 17.0 Å². The molecule has 0 bridgehead atoms. The summed E-state index contributed by atoms with van der Waals surface area (Å²) in [5, 5.41) is 3.60. The number of halogens is 2. The van der Waals surface area contributed by atoms with Crippen molar-refractivity contribution in [2.75, 3.05) is 57.7 Å². The first-order valence-corrected chi connectivity index (χ1v) is 12.9. The third kappa shape index (κ3) is 4.95. The third-order valence-corrected chi connectivity index (χ3v) is 7.46. The molecule has 3 aromatic carbocycles. The second kappa shape index (κ2) is 11.0. The van der Waals surface area contributed by atoms with E-state index in [-0.39, 0.29) is 5.91 Å². The van der Waals surface area contributed by atoms with E-state index >= 15 is 0 Å². The molecular weight excluding hydrogens is 525 g/mol. The zero-order valence-corrected chi connectivity index (χ0v) is 22.8. The normalized spacial score (nSPS) is 14.0. The van der Waals surface area contributed by atoms with Crippen molar-refractivity contribution in [2.24, 2.45) is 0 Å². The second-order valence-electron chi connectivity index (χ2n) is 8.99. The molecule has 1 saturated heterocycles. The first kappa shape index (κ1) is 26.0. The van der Waals surface area contributed by atoms with E-state index in [4.69, 9.17) is 32.7 Å². The number of rotatable bonds is 6. The number of ether oxygens (including phenoxy) is 2. The molecule has 0 aliphatic carbocycles. The molecule has 0 radical (unpaired) electrons. The molecule has 1 aromatic heterocycles. The molecule has 5 rings (SSSR count). The van der Waals surface area contributed by atoms with Crippen molar-refractivity contribution in [1.82, 2.24) is 14.9 Å². The van der Waals surface area contributed by atoms with Gasteiger partial charge in [0, 0.05) is 67.1 Å². The van der Waals surface area contributed by atoms with Crippen LogP contribution in [0, 0.1) is 0 Å². The van der Waals surface area contributed by atoms with Gasteiger partial charge >= 0.3 is 0 Å². The number of likely N-dealkylation sites (N-methyl/N-ethyl adjacent to an activating group) is 1. The number of nitrogens with one attached hydrogen (secondary N) is 1. The highest BCUT2D eigenvalue weighted by atomic mass is 35.5. The largest absolute Gasteiger partial charge is 0.495 e. The highest BCUT2D eigenvalue weighted by Gasteiger charge is 2.23. The van der Waals surface area contributed by atoms with Gasteiger partial charge in [0.2, 0.25) is 0 Å².